The molecule has 5 rings (SSSR count). The molecule has 0 bridgehead atoms. The maximum absolute atomic E-state index is 11.4. The molecule has 1 amide bonds. The summed E-state index contributed by atoms with van der Waals surface area (Å²) >= 11 is 0. The zero-order valence-electron chi connectivity index (χ0n) is 21.6. The second-order valence-electron chi connectivity index (χ2n) is 10.00. The highest BCUT2D eigenvalue weighted by Gasteiger charge is 2.23. The predicted octanol–water partition coefficient (Wildman–Crippen LogP) is 4.94. The van der Waals surface area contributed by atoms with Crippen LogP contribution >= 0.6 is 0 Å². The number of anilines is 2. The van der Waals surface area contributed by atoms with E-state index in [2.05, 4.69) is 74.7 Å². The first-order chi connectivity index (χ1) is 18.0. The van der Waals surface area contributed by atoms with Gasteiger partial charge in [-0.05, 0) is 62.3 Å². The quantitative estimate of drug-likeness (QED) is 0.316. The zero-order valence-corrected chi connectivity index (χ0v) is 21.6. The number of carbonyl (C=O) groups is 1. The molecule has 0 spiro atoms. The SMILES string of the molecule is CC(=O)NC1CCC(Nc2nc(NCc3ccc(-c4cccnc4)cc3)c3ncn(C(C)C)c3n2)CC1. The van der Waals surface area contributed by atoms with E-state index in [1.54, 1.807) is 13.1 Å². The first-order valence-corrected chi connectivity index (χ1v) is 13.0. The van der Waals surface area contributed by atoms with Crippen LogP contribution in [0.2, 0.25) is 0 Å². The Kier molecular flexibility index (Phi) is 7.30. The van der Waals surface area contributed by atoms with E-state index in [1.165, 1.54) is 0 Å². The van der Waals surface area contributed by atoms with Crippen LogP contribution in [0.3, 0.4) is 0 Å². The summed E-state index contributed by atoms with van der Waals surface area (Å²) < 4.78 is 2.07. The molecular formula is C28H34N8O. The summed E-state index contributed by atoms with van der Waals surface area (Å²) in [7, 11) is 0. The molecule has 1 aliphatic carbocycles. The highest BCUT2D eigenvalue weighted by atomic mass is 16.1. The third-order valence-electron chi connectivity index (χ3n) is 6.85. The van der Waals surface area contributed by atoms with Crippen LogP contribution in [0.25, 0.3) is 22.3 Å². The monoisotopic (exact) mass is 498 g/mol. The number of rotatable bonds is 8. The van der Waals surface area contributed by atoms with Crippen molar-refractivity contribution in [1.29, 1.82) is 0 Å². The largest absolute Gasteiger partial charge is 0.364 e. The Morgan fingerprint density at radius 3 is 2.46 bits per heavy atom. The van der Waals surface area contributed by atoms with Crippen molar-refractivity contribution >= 4 is 28.8 Å². The molecular weight excluding hydrogens is 464 g/mol. The first-order valence-electron chi connectivity index (χ1n) is 13.0. The van der Waals surface area contributed by atoms with Gasteiger partial charge in [-0.3, -0.25) is 9.78 Å². The number of benzene rings is 1. The molecule has 9 nitrogen and oxygen atoms in total. The van der Waals surface area contributed by atoms with Crippen LogP contribution in [0.1, 0.15) is 58.1 Å². The van der Waals surface area contributed by atoms with E-state index in [0.29, 0.717) is 12.5 Å². The number of hydrogen-bond acceptors (Lipinski definition) is 7. The minimum atomic E-state index is 0.0366. The van der Waals surface area contributed by atoms with E-state index in [0.717, 1.165) is 59.4 Å². The zero-order chi connectivity index (χ0) is 25.8. The van der Waals surface area contributed by atoms with Gasteiger partial charge in [0.1, 0.15) is 0 Å². The van der Waals surface area contributed by atoms with Gasteiger partial charge in [0.15, 0.2) is 17.0 Å². The van der Waals surface area contributed by atoms with Crippen molar-refractivity contribution in [2.45, 2.75) is 71.1 Å². The molecule has 0 saturated heterocycles. The van der Waals surface area contributed by atoms with Gasteiger partial charge in [-0.15, -0.1) is 0 Å². The third-order valence-corrected chi connectivity index (χ3v) is 6.85. The van der Waals surface area contributed by atoms with Gasteiger partial charge < -0.3 is 20.5 Å². The molecule has 192 valence electrons. The van der Waals surface area contributed by atoms with Gasteiger partial charge >= 0.3 is 0 Å². The number of fused-ring (bicyclic) bond motifs is 1. The second-order valence-corrected chi connectivity index (χ2v) is 10.00. The Bertz CT molecular complexity index is 1340. The van der Waals surface area contributed by atoms with Gasteiger partial charge in [0, 0.05) is 44.0 Å². The Morgan fingerprint density at radius 2 is 1.78 bits per heavy atom. The van der Waals surface area contributed by atoms with Crippen LogP contribution in [0.4, 0.5) is 11.8 Å². The summed E-state index contributed by atoms with van der Waals surface area (Å²) in [6, 6.07) is 13.2. The van der Waals surface area contributed by atoms with Crippen LogP contribution in [-0.4, -0.2) is 42.5 Å². The van der Waals surface area contributed by atoms with Crippen LogP contribution < -0.4 is 16.0 Å². The van der Waals surface area contributed by atoms with Crippen molar-refractivity contribution < 1.29 is 4.79 Å². The van der Waals surface area contributed by atoms with Crippen molar-refractivity contribution in [3.8, 4) is 11.1 Å². The average molecular weight is 499 g/mol. The smallest absolute Gasteiger partial charge is 0.227 e. The summed E-state index contributed by atoms with van der Waals surface area (Å²) in [6.07, 6.45) is 9.30. The Labute approximate surface area is 217 Å². The lowest BCUT2D eigenvalue weighted by Crippen LogP contribution is -2.39. The number of carbonyl (C=O) groups excluding carboxylic acids is 1. The standard InChI is InChI=1S/C28H34N8O/c1-18(2)36-17-31-25-26(30-15-20-6-8-21(9-7-20)22-5-4-14-29-16-22)34-28(35-27(25)36)33-24-12-10-23(11-13-24)32-19(3)37/h4-9,14,16-18,23-24H,10-13,15H2,1-3H3,(H,32,37)(H2,30,33,34,35). The van der Waals surface area contributed by atoms with Crippen molar-refractivity contribution in [2.24, 2.45) is 0 Å². The van der Waals surface area contributed by atoms with Crippen LogP contribution in [0.5, 0.6) is 0 Å². The number of amides is 1. The molecule has 0 atom stereocenters. The van der Waals surface area contributed by atoms with E-state index in [-0.39, 0.29) is 24.0 Å². The fourth-order valence-corrected chi connectivity index (χ4v) is 4.87. The summed E-state index contributed by atoms with van der Waals surface area (Å²) in [5.41, 5.74) is 4.96. The molecule has 9 heteroatoms. The van der Waals surface area contributed by atoms with Gasteiger partial charge in [-0.2, -0.15) is 9.97 Å². The lowest BCUT2D eigenvalue weighted by atomic mass is 9.91. The van der Waals surface area contributed by atoms with Gasteiger partial charge in [-0.1, -0.05) is 30.3 Å². The third kappa shape index (κ3) is 5.87. The van der Waals surface area contributed by atoms with Gasteiger partial charge in [0.2, 0.25) is 11.9 Å². The van der Waals surface area contributed by atoms with Gasteiger partial charge in [0.05, 0.1) is 6.33 Å². The van der Waals surface area contributed by atoms with Crippen molar-refractivity contribution in [2.75, 3.05) is 10.6 Å². The molecule has 3 aromatic heterocycles. The van der Waals surface area contributed by atoms with E-state index in [4.69, 9.17) is 9.97 Å². The van der Waals surface area contributed by atoms with Crippen LogP contribution in [0.15, 0.2) is 55.1 Å². The van der Waals surface area contributed by atoms with E-state index >= 15 is 0 Å². The molecule has 0 unspecified atom stereocenters. The molecule has 0 aliphatic heterocycles. The number of nitrogens with one attached hydrogen (secondary N) is 3. The summed E-state index contributed by atoms with van der Waals surface area (Å²) in [5.74, 6) is 1.36. The highest BCUT2D eigenvalue weighted by Crippen LogP contribution is 2.27. The highest BCUT2D eigenvalue weighted by molar-refractivity contribution is 5.84. The van der Waals surface area contributed by atoms with E-state index < -0.39 is 0 Å². The number of nitrogens with zero attached hydrogens (tertiary/aromatic N) is 5. The summed E-state index contributed by atoms with van der Waals surface area (Å²) in [5, 5.41) is 10.1. The molecule has 1 aromatic carbocycles. The molecule has 4 aromatic rings. The summed E-state index contributed by atoms with van der Waals surface area (Å²) in [4.78, 5) is 29.9. The molecule has 37 heavy (non-hydrogen) atoms. The topological polar surface area (TPSA) is 110 Å². The fraction of sp³-hybridized carbons (Fsp3) is 0.393. The van der Waals surface area contributed by atoms with Gasteiger partial charge in [0.25, 0.3) is 0 Å². The molecule has 1 fully saturated rings. The predicted molar refractivity (Wildman–Crippen MR) is 146 cm³/mol. The second kappa shape index (κ2) is 10.9. The number of hydrogen-bond donors (Lipinski definition) is 3. The maximum atomic E-state index is 11.4. The average Bonchev–Trinajstić information content (AvgIpc) is 3.33. The molecule has 3 heterocycles. The lowest BCUT2D eigenvalue weighted by molar-refractivity contribution is -0.119. The maximum Gasteiger partial charge on any atom is 0.227 e. The van der Waals surface area contributed by atoms with Gasteiger partial charge in [-0.25, -0.2) is 4.98 Å². The summed E-state index contributed by atoms with van der Waals surface area (Å²) in [6.45, 7) is 6.44. The Morgan fingerprint density at radius 1 is 1.03 bits per heavy atom. The first kappa shape index (κ1) is 24.7. The minimum Gasteiger partial charge on any atom is -0.364 e. The molecule has 3 N–H and O–H groups in total. The minimum absolute atomic E-state index is 0.0366. The normalized spacial score (nSPS) is 17.6. The van der Waals surface area contributed by atoms with Crippen molar-refractivity contribution in [1.82, 2.24) is 29.8 Å². The van der Waals surface area contributed by atoms with Crippen LogP contribution in [-0.2, 0) is 11.3 Å². The fourth-order valence-electron chi connectivity index (χ4n) is 4.87. The van der Waals surface area contributed by atoms with E-state index in [9.17, 15) is 4.79 Å². The number of pyridine rings is 1. The Hall–Kier alpha value is -4.01. The molecule has 0 radical (unpaired) electrons. The number of imidazole rings is 1. The van der Waals surface area contributed by atoms with Crippen molar-refractivity contribution in [3.63, 3.8) is 0 Å². The molecule has 1 saturated carbocycles. The van der Waals surface area contributed by atoms with E-state index in [1.807, 2.05) is 18.6 Å². The van der Waals surface area contributed by atoms with Crippen molar-refractivity contribution in [3.05, 3.63) is 60.7 Å². The molecule has 1 aliphatic rings. The Balaban J connectivity index is 1.32. The number of aromatic nitrogens is 5. The van der Waals surface area contributed by atoms with Crippen LogP contribution in [0, 0.1) is 0 Å². The lowest BCUT2D eigenvalue weighted by Gasteiger charge is -2.29.